The Morgan fingerprint density at radius 1 is 1.19 bits per heavy atom. The second-order valence-corrected chi connectivity index (χ2v) is 7.38. The van der Waals surface area contributed by atoms with Gasteiger partial charge in [0.25, 0.3) is 5.91 Å². The number of hydrogen-bond donors (Lipinski definition) is 0. The topological polar surface area (TPSA) is 62.5 Å². The first-order chi connectivity index (χ1) is 12.4. The van der Waals surface area contributed by atoms with Crippen molar-refractivity contribution in [2.75, 3.05) is 26.7 Å². The SMILES string of the molecule is CN1CCN(C(=O)c2ccc3oc(-c4ccccn4)nc3c2)CC1(C)C. The molecule has 4 rings (SSSR count). The first-order valence-corrected chi connectivity index (χ1v) is 8.76. The summed E-state index contributed by atoms with van der Waals surface area (Å²) in [5.41, 5.74) is 2.61. The van der Waals surface area contributed by atoms with Gasteiger partial charge in [-0.05, 0) is 51.2 Å². The zero-order chi connectivity index (χ0) is 18.3. The Labute approximate surface area is 152 Å². The zero-order valence-corrected chi connectivity index (χ0v) is 15.3. The van der Waals surface area contributed by atoms with Gasteiger partial charge in [-0.3, -0.25) is 14.7 Å². The van der Waals surface area contributed by atoms with Gasteiger partial charge in [-0.2, -0.15) is 0 Å². The number of oxazole rings is 1. The molecule has 0 atom stereocenters. The fraction of sp³-hybridized carbons (Fsp3) is 0.350. The normalized spacial score (nSPS) is 17.6. The van der Waals surface area contributed by atoms with Crippen molar-refractivity contribution in [1.29, 1.82) is 0 Å². The minimum absolute atomic E-state index is 0.0297. The maximum Gasteiger partial charge on any atom is 0.254 e. The Balaban J connectivity index is 1.62. The van der Waals surface area contributed by atoms with Gasteiger partial charge in [-0.15, -0.1) is 0 Å². The molecular formula is C20H22N4O2. The molecule has 0 saturated carbocycles. The molecule has 1 aliphatic heterocycles. The third-order valence-electron chi connectivity index (χ3n) is 5.12. The summed E-state index contributed by atoms with van der Waals surface area (Å²) in [7, 11) is 2.10. The first kappa shape index (κ1) is 16.7. The Morgan fingerprint density at radius 2 is 2.04 bits per heavy atom. The second-order valence-electron chi connectivity index (χ2n) is 7.38. The minimum atomic E-state index is -0.0297. The molecule has 1 aliphatic rings. The number of amides is 1. The summed E-state index contributed by atoms with van der Waals surface area (Å²) in [6.45, 7) is 6.63. The van der Waals surface area contributed by atoms with Crippen LogP contribution in [0.3, 0.4) is 0 Å². The number of carbonyl (C=O) groups is 1. The average Bonchev–Trinajstić information content (AvgIpc) is 3.07. The molecule has 1 fully saturated rings. The van der Waals surface area contributed by atoms with Crippen molar-refractivity contribution in [3.05, 3.63) is 48.2 Å². The Morgan fingerprint density at radius 3 is 2.77 bits per heavy atom. The summed E-state index contributed by atoms with van der Waals surface area (Å²) in [5.74, 6) is 0.501. The number of fused-ring (bicyclic) bond motifs is 1. The van der Waals surface area contributed by atoms with Crippen LogP contribution in [0.25, 0.3) is 22.7 Å². The summed E-state index contributed by atoms with van der Waals surface area (Å²) in [6, 6.07) is 11.0. The van der Waals surface area contributed by atoms with Gasteiger partial charge in [-0.1, -0.05) is 6.07 Å². The molecule has 3 heterocycles. The largest absolute Gasteiger partial charge is 0.435 e. The maximum atomic E-state index is 13.0. The fourth-order valence-electron chi connectivity index (χ4n) is 3.26. The van der Waals surface area contributed by atoms with Crippen LogP contribution >= 0.6 is 0 Å². The number of hydrogen-bond acceptors (Lipinski definition) is 5. The van der Waals surface area contributed by atoms with Crippen molar-refractivity contribution in [3.63, 3.8) is 0 Å². The molecule has 0 aliphatic carbocycles. The molecule has 0 spiro atoms. The van der Waals surface area contributed by atoms with E-state index in [2.05, 4.69) is 35.8 Å². The Hall–Kier alpha value is -2.73. The number of piperazine rings is 1. The predicted octanol–water partition coefficient (Wildman–Crippen LogP) is 3.06. The smallest absolute Gasteiger partial charge is 0.254 e. The highest BCUT2D eigenvalue weighted by molar-refractivity contribution is 5.97. The number of carbonyl (C=O) groups excluding carboxylic acids is 1. The summed E-state index contributed by atoms with van der Waals surface area (Å²) >= 11 is 0. The average molecular weight is 350 g/mol. The highest BCUT2D eigenvalue weighted by Crippen LogP contribution is 2.25. The lowest BCUT2D eigenvalue weighted by Gasteiger charge is -2.45. The molecule has 26 heavy (non-hydrogen) atoms. The Bertz CT molecular complexity index is 949. The number of benzene rings is 1. The van der Waals surface area contributed by atoms with Crippen molar-refractivity contribution in [2.24, 2.45) is 0 Å². The van der Waals surface area contributed by atoms with Gasteiger partial charge >= 0.3 is 0 Å². The molecule has 0 bridgehead atoms. The highest BCUT2D eigenvalue weighted by Gasteiger charge is 2.33. The number of pyridine rings is 1. The van der Waals surface area contributed by atoms with Gasteiger partial charge < -0.3 is 9.32 Å². The van der Waals surface area contributed by atoms with Gasteiger partial charge in [0.1, 0.15) is 11.2 Å². The van der Waals surface area contributed by atoms with Crippen molar-refractivity contribution in [1.82, 2.24) is 19.8 Å². The molecular weight excluding hydrogens is 328 g/mol. The van der Waals surface area contributed by atoms with E-state index in [1.807, 2.05) is 35.2 Å². The van der Waals surface area contributed by atoms with Crippen LogP contribution in [0, 0.1) is 0 Å². The molecule has 134 valence electrons. The highest BCUT2D eigenvalue weighted by atomic mass is 16.3. The summed E-state index contributed by atoms with van der Waals surface area (Å²) in [5, 5.41) is 0. The van der Waals surface area contributed by atoms with Crippen molar-refractivity contribution in [2.45, 2.75) is 19.4 Å². The maximum absolute atomic E-state index is 13.0. The van der Waals surface area contributed by atoms with E-state index in [1.54, 1.807) is 12.3 Å². The fourth-order valence-corrected chi connectivity index (χ4v) is 3.26. The van der Waals surface area contributed by atoms with E-state index in [9.17, 15) is 4.79 Å². The number of nitrogens with zero attached hydrogens (tertiary/aromatic N) is 4. The number of likely N-dealkylation sites (N-methyl/N-ethyl adjacent to an activating group) is 1. The van der Waals surface area contributed by atoms with Gasteiger partial charge in [0, 0.05) is 36.9 Å². The molecule has 6 nitrogen and oxygen atoms in total. The van der Waals surface area contributed by atoms with Crippen LogP contribution < -0.4 is 0 Å². The summed E-state index contributed by atoms with van der Waals surface area (Å²) in [4.78, 5) is 25.9. The van der Waals surface area contributed by atoms with Gasteiger partial charge in [0.2, 0.25) is 5.89 Å². The molecule has 1 saturated heterocycles. The summed E-state index contributed by atoms with van der Waals surface area (Å²) in [6.07, 6.45) is 1.70. The quantitative estimate of drug-likeness (QED) is 0.711. The van der Waals surface area contributed by atoms with Gasteiger partial charge in [0.15, 0.2) is 5.58 Å². The molecule has 0 radical (unpaired) electrons. The lowest BCUT2D eigenvalue weighted by Crippen LogP contribution is -2.58. The van der Waals surface area contributed by atoms with Gasteiger partial charge in [0.05, 0.1) is 0 Å². The number of rotatable bonds is 2. The Kier molecular flexibility index (Phi) is 4.00. The monoisotopic (exact) mass is 350 g/mol. The van der Waals surface area contributed by atoms with Crippen LogP contribution in [0.1, 0.15) is 24.2 Å². The summed E-state index contributed by atoms with van der Waals surface area (Å²) < 4.78 is 5.78. The second kappa shape index (κ2) is 6.21. The predicted molar refractivity (Wildman–Crippen MR) is 99.9 cm³/mol. The zero-order valence-electron chi connectivity index (χ0n) is 15.3. The van der Waals surface area contributed by atoms with Crippen LogP contribution in [0.5, 0.6) is 0 Å². The van der Waals surface area contributed by atoms with E-state index in [1.165, 1.54) is 0 Å². The minimum Gasteiger partial charge on any atom is -0.435 e. The van der Waals surface area contributed by atoms with E-state index < -0.39 is 0 Å². The van der Waals surface area contributed by atoms with Crippen molar-refractivity contribution < 1.29 is 9.21 Å². The van der Waals surface area contributed by atoms with E-state index in [4.69, 9.17) is 4.42 Å². The molecule has 6 heteroatoms. The molecule has 1 amide bonds. The lowest BCUT2D eigenvalue weighted by atomic mass is 9.99. The van der Waals surface area contributed by atoms with E-state index in [0.717, 1.165) is 13.1 Å². The van der Waals surface area contributed by atoms with Crippen molar-refractivity contribution in [3.8, 4) is 11.6 Å². The molecule has 0 unspecified atom stereocenters. The van der Waals surface area contributed by atoms with Gasteiger partial charge in [-0.25, -0.2) is 4.98 Å². The first-order valence-electron chi connectivity index (χ1n) is 8.76. The molecule has 3 aromatic rings. The molecule has 0 N–H and O–H groups in total. The molecule has 2 aromatic heterocycles. The van der Waals surface area contributed by atoms with E-state index >= 15 is 0 Å². The lowest BCUT2D eigenvalue weighted by molar-refractivity contribution is 0.0311. The van der Waals surface area contributed by atoms with E-state index in [-0.39, 0.29) is 11.4 Å². The van der Waals surface area contributed by atoms with Crippen LogP contribution in [0.4, 0.5) is 0 Å². The molecule has 1 aromatic carbocycles. The van der Waals surface area contributed by atoms with Crippen LogP contribution in [-0.2, 0) is 0 Å². The van der Waals surface area contributed by atoms with Crippen LogP contribution in [0.15, 0.2) is 47.0 Å². The van der Waals surface area contributed by atoms with Crippen LogP contribution in [-0.4, -0.2) is 57.9 Å². The number of aromatic nitrogens is 2. The van der Waals surface area contributed by atoms with Crippen molar-refractivity contribution >= 4 is 17.0 Å². The van der Waals surface area contributed by atoms with E-state index in [0.29, 0.717) is 34.8 Å². The third kappa shape index (κ3) is 2.97. The van der Waals surface area contributed by atoms with Crippen LogP contribution in [0.2, 0.25) is 0 Å². The third-order valence-corrected chi connectivity index (χ3v) is 5.12. The standard InChI is InChI=1S/C20H22N4O2/c1-20(2)13-24(11-10-23(20)3)19(25)14-7-8-17-16(12-14)22-18(26-17)15-6-4-5-9-21-15/h4-9,12H,10-11,13H2,1-3H3.